The number of carbonyl (C=O) groups is 1. The van der Waals surface area contributed by atoms with Crippen molar-refractivity contribution in [1.29, 1.82) is 0 Å². The highest BCUT2D eigenvalue weighted by Gasteiger charge is 2.24. The smallest absolute Gasteiger partial charge is 0.251 e. The molecule has 0 aliphatic carbocycles. The van der Waals surface area contributed by atoms with Crippen molar-refractivity contribution in [3.63, 3.8) is 0 Å². The quantitative estimate of drug-likeness (QED) is 0.728. The van der Waals surface area contributed by atoms with Crippen LogP contribution in [0, 0.1) is 0 Å². The second kappa shape index (κ2) is 2.81. The molecule has 1 aliphatic rings. The van der Waals surface area contributed by atoms with Gasteiger partial charge in [0, 0.05) is 23.9 Å². The van der Waals surface area contributed by atoms with Crippen molar-refractivity contribution >= 4 is 15.7 Å². The summed E-state index contributed by atoms with van der Waals surface area (Å²) in [6.45, 7) is 0.303. The number of hydrogen-bond donors (Lipinski definition) is 1. The molecule has 14 heavy (non-hydrogen) atoms. The standard InChI is InChI=1S/C9H9NO3S/c1-14(12,13)8-4-2-3-6-7(8)5-10-9(6)11/h2-4H,5H2,1H3,(H,10,11). The van der Waals surface area contributed by atoms with Gasteiger partial charge in [0.1, 0.15) is 0 Å². The van der Waals surface area contributed by atoms with E-state index in [0.717, 1.165) is 6.26 Å². The lowest BCUT2D eigenvalue weighted by molar-refractivity contribution is 0.0966. The van der Waals surface area contributed by atoms with Crippen LogP contribution in [0.2, 0.25) is 0 Å². The molecule has 0 saturated heterocycles. The van der Waals surface area contributed by atoms with Gasteiger partial charge in [-0.25, -0.2) is 8.42 Å². The van der Waals surface area contributed by atoms with Crippen LogP contribution in [0.5, 0.6) is 0 Å². The number of amides is 1. The fourth-order valence-electron chi connectivity index (χ4n) is 1.57. The number of benzene rings is 1. The predicted octanol–water partition coefficient (Wildman–Crippen LogP) is 0.334. The Balaban J connectivity index is 2.73. The molecule has 0 fully saturated rings. The molecule has 1 aliphatic heterocycles. The van der Waals surface area contributed by atoms with Gasteiger partial charge in [-0.15, -0.1) is 0 Å². The maximum atomic E-state index is 11.4. The molecule has 1 N–H and O–H groups in total. The Hall–Kier alpha value is -1.36. The Labute approximate surface area is 81.9 Å². The van der Waals surface area contributed by atoms with Crippen molar-refractivity contribution in [3.8, 4) is 0 Å². The van der Waals surface area contributed by atoms with Gasteiger partial charge in [-0.05, 0) is 12.1 Å². The van der Waals surface area contributed by atoms with Crippen molar-refractivity contribution in [2.45, 2.75) is 11.4 Å². The molecule has 0 radical (unpaired) electrons. The highest BCUT2D eigenvalue weighted by molar-refractivity contribution is 7.90. The molecule has 0 spiro atoms. The molecular weight excluding hydrogens is 202 g/mol. The third-order valence-corrected chi connectivity index (χ3v) is 3.38. The van der Waals surface area contributed by atoms with E-state index in [1.54, 1.807) is 12.1 Å². The number of carbonyl (C=O) groups excluding carboxylic acids is 1. The average Bonchev–Trinajstić information content (AvgIpc) is 2.46. The molecule has 1 heterocycles. The second-order valence-corrected chi connectivity index (χ2v) is 5.22. The molecule has 4 nitrogen and oxygen atoms in total. The predicted molar refractivity (Wildman–Crippen MR) is 50.7 cm³/mol. The third-order valence-electron chi connectivity index (χ3n) is 2.20. The summed E-state index contributed by atoms with van der Waals surface area (Å²) in [5.41, 5.74) is 1.05. The van der Waals surface area contributed by atoms with Crippen molar-refractivity contribution < 1.29 is 13.2 Å². The third kappa shape index (κ3) is 1.29. The zero-order valence-corrected chi connectivity index (χ0v) is 8.39. The molecule has 2 rings (SSSR count). The number of sulfone groups is 1. The van der Waals surface area contributed by atoms with E-state index in [9.17, 15) is 13.2 Å². The van der Waals surface area contributed by atoms with Crippen LogP contribution in [-0.2, 0) is 16.4 Å². The normalized spacial score (nSPS) is 15.1. The first kappa shape index (κ1) is 9.21. The van der Waals surface area contributed by atoms with E-state index in [1.807, 2.05) is 0 Å². The summed E-state index contributed by atoms with van der Waals surface area (Å²) >= 11 is 0. The molecule has 1 aromatic rings. The SMILES string of the molecule is CS(=O)(=O)c1cccc2c1CNC2=O. The molecule has 1 aromatic carbocycles. The van der Waals surface area contributed by atoms with Gasteiger partial charge in [-0.2, -0.15) is 0 Å². The van der Waals surface area contributed by atoms with E-state index in [0.29, 0.717) is 17.7 Å². The van der Waals surface area contributed by atoms with Crippen LogP contribution < -0.4 is 5.32 Å². The van der Waals surface area contributed by atoms with Gasteiger partial charge in [-0.3, -0.25) is 4.79 Å². The number of rotatable bonds is 1. The van der Waals surface area contributed by atoms with Crippen LogP contribution in [0.25, 0.3) is 0 Å². The van der Waals surface area contributed by atoms with E-state index in [2.05, 4.69) is 5.32 Å². The van der Waals surface area contributed by atoms with E-state index in [1.165, 1.54) is 6.07 Å². The lowest BCUT2D eigenvalue weighted by Gasteiger charge is -2.03. The summed E-state index contributed by atoms with van der Waals surface area (Å²) in [6.07, 6.45) is 1.14. The minimum Gasteiger partial charge on any atom is -0.348 e. The van der Waals surface area contributed by atoms with Gasteiger partial charge in [-0.1, -0.05) is 6.07 Å². The van der Waals surface area contributed by atoms with Crippen LogP contribution in [0.3, 0.4) is 0 Å². The summed E-state index contributed by atoms with van der Waals surface area (Å²) in [4.78, 5) is 11.5. The summed E-state index contributed by atoms with van der Waals surface area (Å²) in [5.74, 6) is -0.203. The van der Waals surface area contributed by atoms with Crippen molar-refractivity contribution in [2.75, 3.05) is 6.26 Å². The Morgan fingerprint density at radius 1 is 1.36 bits per heavy atom. The first-order chi connectivity index (χ1) is 6.50. The van der Waals surface area contributed by atoms with Crippen LogP contribution >= 0.6 is 0 Å². The van der Waals surface area contributed by atoms with Crippen LogP contribution in [0.4, 0.5) is 0 Å². The van der Waals surface area contributed by atoms with Gasteiger partial charge in [0.25, 0.3) is 5.91 Å². The maximum absolute atomic E-state index is 11.4. The fourth-order valence-corrected chi connectivity index (χ4v) is 2.53. The highest BCUT2D eigenvalue weighted by atomic mass is 32.2. The van der Waals surface area contributed by atoms with Crippen molar-refractivity contribution in [3.05, 3.63) is 29.3 Å². The molecule has 0 aromatic heterocycles. The minimum atomic E-state index is -3.24. The van der Waals surface area contributed by atoms with Crippen LogP contribution in [0.1, 0.15) is 15.9 Å². The van der Waals surface area contributed by atoms with E-state index >= 15 is 0 Å². The molecule has 5 heteroatoms. The second-order valence-electron chi connectivity index (χ2n) is 3.24. The van der Waals surface area contributed by atoms with Crippen molar-refractivity contribution in [2.24, 2.45) is 0 Å². The van der Waals surface area contributed by atoms with Gasteiger partial charge in [0.05, 0.1) is 4.90 Å². The molecule has 0 atom stereocenters. The first-order valence-electron chi connectivity index (χ1n) is 4.10. The van der Waals surface area contributed by atoms with Gasteiger partial charge >= 0.3 is 0 Å². The summed E-state index contributed by atoms with van der Waals surface area (Å²) < 4.78 is 22.7. The lowest BCUT2D eigenvalue weighted by atomic mass is 10.1. The molecule has 1 amide bonds. The average molecular weight is 211 g/mol. The molecule has 0 bridgehead atoms. The Morgan fingerprint density at radius 3 is 2.71 bits per heavy atom. The van der Waals surface area contributed by atoms with Gasteiger partial charge in [0.2, 0.25) is 0 Å². The number of nitrogens with one attached hydrogen (secondary N) is 1. The molecular formula is C9H9NO3S. The topological polar surface area (TPSA) is 63.2 Å². The van der Waals surface area contributed by atoms with Gasteiger partial charge in [0.15, 0.2) is 9.84 Å². The van der Waals surface area contributed by atoms with E-state index < -0.39 is 9.84 Å². The maximum Gasteiger partial charge on any atom is 0.251 e. The Bertz CT molecular complexity index is 505. The molecule has 0 unspecified atom stereocenters. The monoisotopic (exact) mass is 211 g/mol. The van der Waals surface area contributed by atoms with E-state index in [-0.39, 0.29) is 10.8 Å². The summed E-state index contributed by atoms with van der Waals surface area (Å²) in [5, 5.41) is 2.59. The minimum absolute atomic E-state index is 0.203. The number of fused-ring (bicyclic) bond motifs is 1. The highest BCUT2D eigenvalue weighted by Crippen LogP contribution is 2.23. The zero-order valence-electron chi connectivity index (χ0n) is 7.57. The van der Waals surface area contributed by atoms with Crippen molar-refractivity contribution in [1.82, 2.24) is 5.32 Å². The van der Waals surface area contributed by atoms with Gasteiger partial charge < -0.3 is 5.32 Å². The lowest BCUT2D eigenvalue weighted by Crippen LogP contribution is -2.12. The van der Waals surface area contributed by atoms with E-state index in [4.69, 9.17) is 0 Å². The van der Waals surface area contributed by atoms with Crippen LogP contribution in [0.15, 0.2) is 23.1 Å². The summed E-state index contributed by atoms with van der Waals surface area (Å²) in [7, 11) is -3.24. The van der Waals surface area contributed by atoms with Crippen LogP contribution in [-0.4, -0.2) is 20.6 Å². The largest absolute Gasteiger partial charge is 0.348 e. The zero-order chi connectivity index (χ0) is 10.3. The first-order valence-corrected chi connectivity index (χ1v) is 5.99. The fraction of sp³-hybridized carbons (Fsp3) is 0.222. The summed E-state index contributed by atoms with van der Waals surface area (Å²) in [6, 6.07) is 4.74. The number of hydrogen-bond acceptors (Lipinski definition) is 3. The molecule has 74 valence electrons. The molecule has 0 saturated carbocycles. The Morgan fingerprint density at radius 2 is 2.07 bits per heavy atom. The Kier molecular flexibility index (Phi) is 1.85.